The van der Waals surface area contributed by atoms with Crippen LogP contribution in [0.2, 0.25) is 0 Å². The van der Waals surface area contributed by atoms with Crippen molar-refractivity contribution >= 4 is 23.3 Å². The van der Waals surface area contributed by atoms with Crippen LogP contribution in [0, 0.1) is 13.8 Å². The van der Waals surface area contributed by atoms with Gasteiger partial charge in [-0.25, -0.2) is 4.79 Å². The molecule has 0 saturated heterocycles. The molecular formula is C25H23NO5. The molecule has 0 atom stereocenters. The summed E-state index contributed by atoms with van der Waals surface area (Å²) in [5, 5.41) is 12.6. The number of Topliss-reactive ketones (excluding diaryl/α,β-unsaturated/α-hetero) is 1. The van der Waals surface area contributed by atoms with E-state index in [0.29, 0.717) is 16.8 Å². The van der Waals surface area contributed by atoms with Gasteiger partial charge in [0.25, 0.3) is 0 Å². The largest absolute Gasteiger partial charge is 0.507 e. The highest BCUT2D eigenvalue weighted by Crippen LogP contribution is 2.27. The van der Waals surface area contributed by atoms with Crippen LogP contribution in [0.3, 0.4) is 0 Å². The summed E-state index contributed by atoms with van der Waals surface area (Å²) in [5.74, 6) is -1.42. The number of hydrogen-bond acceptors (Lipinski definition) is 5. The second kappa shape index (κ2) is 9.26. The van der Waals surface area contributed by atoms with E-state index in [1.807, 2.05) is 19.9 Å². The van der Waals surface area contributed by atoms with Crippen LogP contribution in [0.4, 0.5) is 5.69 Å². The number of benzene rings is 3. The molecule has 3 aromatic rings. The van der Waals surface area contributed by atoms with E-state index in [4.69, 9.17) is 0 Å². The first-order chi connectivity index (χ1) is 14.8. The zero-order valence-corrected chi connectivity index (χ0v) is 17.6. The van der Waals surface area contributed by atoms with Crippen molar-refractivity contribution in [1.82, 2.24) is 0 Å². The Morgan fingerprint density at radius 1 is 0.871 bits per heavy atom. The number of aryl methyl sites for hydroxylation is 2. The highest BCUT2D eigenvalue weighted by molar-refractivity contribution is 6.11. The van der Waals surface area contributed by atoms with Crippen LogP contribution in [0.1, 0.15) is 38.3 Å². The molecule has 2 N–H and O–H groups in total. The van der Waals surface area contributed by atoms with E-state index < -0.39 is 11.9 Å². The number of carbonyl (C=O) groups is 3. The summed E-state index contributed by atoms with van der Waals surface area (Å²) in [6.45, 7) is 3.89. The summed E-state index contributed by atoms with van der Waals surface area (Å²) in [4.78, 5) is 36.4. The Morgan fingerprint density at radius 2 is 1.55 bits per heavy atom. The van der Waals surface area contributed by atoms with E-state index in [9.17, 15) is 19.5 Å². The van der Waals surface area contributed by atoms with E-state index in [0.717, 1.165) is 16.7 Å². The smallest absolute Gasteiger partial charge is 0.341 e. The highest BCUT2D eigenvalue weighted by atomic mass is 16.5. The number of ketones is 1. The summed E-state index contributed by atoms with van der Waals surface area (Å²) in [6.07, 6.45) is -0.245. The first kappa shape index (κ1) is 21.8. The van der Waals surface area contributed by atoms with Gasteiger partial charge in [-0.2, -0.15) is 0 Å². The van der Waals surface area contributed by atoms with Gasteiger partial charge in [-0.05, 0) is 66.4 Å². The number of carbonyl (C=O) groups excluding carboxylic acids is 3. The average molecular weight is 417 g/mol. The molecule has 0 spiro atoms. The lowest BCUT2D eigenvalue weighted by atomic mass is 10.0. The quantitative estimate of drug-likeness (QED) is 0.345. The van der Waals surface area contributed by atoms with Gasteiger partial charge in [-0.15, -0.1) is 0 Å². The third kappa shape index (κ3) is 5.17. The number of anilines is 1. The third-order valence-electron chi connectivity index (χ3n) is 5.05. The molecule has 0 saturated carbocycles. The minimum Gasteiger partial charge on any atom is -0.507 e. The molecule has 6 heteroatoms. The van der Waals surface area contributed by atoms with Gasteiger partial charge < -0.3 is 15.2 Å². The zero-order chi connectivity index (χ0) is 22.5. The summed E-state index contributed by atoms with van der Waals surface area (Å²) in [7, 11) is 1.25. The van der Waals surface area contributed by atoms with Gasteiger partial charge in [-0.1, -0.05) is 30.3 Å². The lowest BCUT2D eigenvalue weighted by molar-refractivity contribution is -0.115. The number of methoxy groups -OCH3 is 1. The van der Waals surface area contributed by atoms with Crippen molar-refractivity contribution in [3.05, 3.63) is 82.9 Å². The monoisotopic (exact) mass is 417 g/mol. The van der Waals surface area contributed by atoms with Crippen molar-refractivity contribution in [3.63, 3.8) is 0 Å². The molecule has 158 valence electrons. The fourth-order valence-electron chi connectivity index (χ4n) is 3.10. The van der Waals surface area contributed by atoms with Crippen LogP contribution in [-0.2, 0) is 9.53 Å². The normalized spacial score (nSPS) is 10.4. The van der Waals surface area contributed by atoms with Crippen molar-refractivity contribution in [2.24, 2.45) is 0 Å². The van der Waals surface area contributed by atoms with Crippen molar-refractivity contribution in [1.29, 1.82) is 0 Å². The number of aromatic hydroxyl groups is 1. The molecule has 0 heterocycles. The predicted octanol–water partition coefficient (Wildman–Crippen LogP) is 4.67. The lowest BCUT2D eigenvalue weighted by Crippen LogP contribution is -2.16. The molecule has 0 unspecified atom stereocenters. The number of hydrogen-bond donors (Lipinski definition) is 2. The number of rotatable bonds is 6. The van der Waals surface area contributed by atoms with E-state index in [-0.39, 0.29) is 23.5 Å². The van der Waals surface area contributed by atoms with Crippen LogP contribution < -0.4 is 5.32 Å². The Bertz CT molecular complexity index is 1150. The van der Waals surface area contributed by atoms with Crippen molar-refractivity contribution in [2.75, 3.05) is 12.4 Å². The molecule has 0 aliphatic heterocycles. The number of ether oxygens (including phenoxy) is 1. The third-order valence-corrected chi connectivity index (χ3v) is 5.05. The van der Waals surface area contributed by atoms with Crippen LogP contribution >= 0.6 is 0 Å². The summed E-state index contributed by atoms with van der Waals surface area (Å²) in [5.41, 5.74) is 4.73. The number of esters is 1. The Kier molecular flexibility index (Phi) is 6.50. The maximum Gasteiger partial charge on any atom is 0.341 e. The van der Waals surface area contributed by atoms with Crippen molar-refractivity contribution < 1.29 is 24.2 Å². The predicted molar refractivity (Wildman–Crippen MR) is 118 cm³/mol. The summed E-state index contributed by atoms with van der Waals surface area (Å²) < 4.78 is 4.67. The molecule has 0 aromatic heterocycles. The van der Waals surface area contributed by atoms with Crippen LogP contribution in [0.5, 0.6) is 5.75 Å². The molecule has 1 amide bonds. The molecular weight excluding hydrogens is 394 g/mol. The molecule has 3 aromatic carbocycles. The fraction of sp³-hybridized carbons (Fsp3) is 0.160. The number of phenols is 1. The molecule has 31 heavy (non-hydrogen) atoms. The van der Waals surface area contributed by atoms with Gasteiger partial charge in [0.2, 0.25) is 5.91 Å². The van der Waals surface area contributed by atoms with Crippen LogP contribution in [-0.4, -0.2) is 29.9 Å². The first-order valence-corrected chi connectivity index (χ1v) is 9.70. The van der Waals surface area contributed by atoms with Gasteiger partial charge in [-0.3, -0.25) is 9.59 Å². The minimum atomic E-state index is -0.628. The second-order valence-electron chi connectivity index (χ2n) is 7.25. The maximum atomic E-state index is 12.4. The fourth-order valence-corrected chi connectivity index (χ4v) is 3.10. The van der Waals surface area contributed by atoms with Crippen LogP contribution in [0.15, 0.2) is 60.7 Å². The lowest BCUT2D eigenvalue weighted by Gasteiger charge is -2.09. The van der Waals surface area contributed by atoms with Crippen LogP contribution in [0.25, 0.3) is 11.1 Å². The van der Waals surface area contributed by atoms with Crippen molar-refractivity contribution in [3.8, 4) is 16.9 Å². The molecule has 0 aliphatic carbocycles. The van der Waals surface area contributed by atoms with Crippen molar-refractivity contribution in [2.45, 2.75) is 20.3 Å². The summed E-state index contributed by atoms with van der Waals surface area (Å²) >= 11 is 0. The number of amides is 1. The number of phenolic OH excluding ortho intramolecular Hbond substituents is 1. The van der Waals surface area contributed by atoms with E-state index in [1.165, 1.54) is 19.2 Å². The van der Waals surface area contributed by atoms with Gasteiger partial charge in [0.05, 0.1) is 13.5 Å². The molecule has 6 nitrogen and oxygen atoms in total. The second-order valence-corrected chi connectivity index (χ2v) is 7.25. The molecule has 0 bridgehead atoms. The van der Waals surface area contributed by atoms with Gasteiger partial charge in [0.15, 0.2) is 5.78 Å². The Morgan fingerprint density at radius 3 is 2.19 bits per heavy atom. The average Bonchev–Trinajstić information content (AvgIpc) is 2.76. The zero-order valence-electron chi connectivity index (χ0n) is 17.6. The molecule has 3 rings (SSSR count). The van der Waals surface area contributed by atoms with Gasteiger partial charge in [0.1, 0.15) is 11.3 Å². The Labute approximate surface area is 180 Å². The molecule has 0 fully saturated rings. The van der Waals surface area contributed by atoms with E-state index in [2.05, 4.69) is 10.1 Å². The standard InChI is InChI=1S/C25H23NO5/c1-15-4-5-19(12-16(15)2)23(28)14-24(29)26-20-9-6-17(7-10-20)18-8-11-22(27)21(13-18)25(30)31-3/h4-13,27H,14H2,1-3H3,(H,26,29). The molecule has 0 radical (unpaired) electrons. The first-order valence-electron chi connectivity index (χ1n) is 9.70. The van der Waals surface area contributed by atoms with E-state index in [1.54, 1.807) is 42.5 Å². The Balaban J connectivity index is 1.68. The minimum absolute atomic E-state index is 0.0715. The number of nitrogens with one attached hydrogen (secondary N) is 1. The van der Waals surface area contributed by atoms with Gasteiger partial charge in [0, 0.05) is 11.3 Å². The SMILES string of the molecule is COC(=O)c1cc(-c2ccc(NC(=O)CC(=O)c3ccc(C)c(C)c3)cc2)ccc1O. The highest BCUT2D eigenvalue weighted by Gasteiger charge is 2.14. The van der Waals surface area contributed by atoms with Gasteiger partial charge >= 0.3 is 5.97 Å². The Hall–Kier alpha value is -3.93. The summed E-state index contributed by atoms with van der Waals surface area (Å²) in [6, 6.07) is 17.0. The molecule has 0 aliphatic rings. The van der Waals surface area contributed by atoms with E-state index >= 15 is 0 Å². The maximum absolute atomic E-state index is 12.4. The topological polar surface area (TPSA) is 92.7 Å².